The molecule has 1 aliphatic heterocycles. The van der Waals surface area contributed by atoms with Crippen LogP contribution in [0.2, 0.25) is 5.02 Å². The molecule has 4 heteroatoms. The van der Waals surface area contributed by atoms with Crippen LogP contribution in [0, 0.1) is 0 Å². The number of nitrogens with zero attached hydrogens (tertiary/aromatic N) is 2. The number of benzene rings is 1. The molecule has 18 heavy (non-hydrogen) atoms. The molecule has 0 bridgehead atoms. The van der Waals surface area contributed by atoms with Gasteiger partial charge in [-0.2, -0.15) is 0 Å². The van der Waals surface area contributed by atoms with Gasteiger partial charge < -0.3 is 10.6 Å². The molecule has 1 aromatic rings. The van der Waals surface area contributed by atoms with Crippen molar-refractivity contribution in [3.8, 4) is 0 Å². The van der Waals surface area contributed by atoms with Crippen molar-refractivity contribution in [3.63, 3.8) is 0 Å². The molecule has 1 fully saturated rings. The van der Waals surface area contributed by atoms with Crippen molar-refractivity contribution in [2.24, 2.45) is 5.73 Å². The van der Waals surface area contributed by atoms with Crippen molar-refractivity contribution in [3.05, 3.63) is 34.9 Å². The van der Waals surface area contributed by atoms with Crippen LogP contribution in [0.1, 0.15) is 12.0 Å². The molecule has 1 aliphatic rings. The summed E-state index contributed by atoms with van der Waals surface area (Å²) in [4.78, 5) is 4.74. The van der Waals surface area contributed by atoms with E-state index in [1.54, 1.807) is 0 Å². The standard InChI is InChI=1S/C14H22ClN3/c1-17-8-7-14(10-16,11-17)18(2)9-12-3-5-13(15)6-4-12/h3-6H,7-11,16H2,1-2H3. The van der Waals surface area contributed by atoms with Crippen LogP contribution >= 0.6 is 11.6 Å². The number of likely N-dealkylation sites (N-methyl/N-ethyl adjacent to an activating group) is 2. The van der Waals surface area contributed by atoms with Crippen LogP contribution in [0.5, 0.6) is 0 Å². The quantitative estimate of drug-likeness (QED) is 0.903. The highest BCUT2D eigenvalue weighted by Crippen LogP contribution is 2.26. The predicted molar refractivity (Wildman–Crippen MR) is 76.8 cm³/mol. The summed E-state index contributed by atoms with van der Waals surface area (Å²) in [5.74, 6) is 0. The van der Waals surface area contributed by atoms with Gasteiger partial charge in [-0.1, -0.05) is 23.7 Å². The van der Waals surface area contributed by atoms with Crippen LogP contribution in [0.25, 0.3) is 0 Å². The maximum atomic E-state index is 6.02. The van der Waals surface area contributed by atoms with Gasteiger partial charge in [-0.25, -0.2) is 0 Å². The second kappa shape index (κ2) is 5.57. The van der Waals surface area contributed by atoms with Crippen LogP contribution in [0.4, 0.5) is 0 Å². The second-order valence-corrected chi connectivity index (χ2v) is 5.84. The van der Waals surface area contributed by atoms with Gasteiger partial charge in [-0.15, -0.1) is 0 Å². The molecule has 1 heterocycles. The Hall–Kier alpha value is -0.610. The van der Waals surface area contributed by atoms with E-state index in [0.717, 1.165) is 31.1 Å². The first-order valence-corrected chi connectivity index (χ1v) is 6.78. The minimum Gasteiger partial charge on any atom is -0.329 e. The summed E-state index contributed by atoms with van der Waals surface area (Å²) in [5, 5.41) is 0.788. The lowest BCUT2D eigenvalue weighted by Crippen LogP contribution is -2.53. The molecule has 0 amide bonds. The van der Waals surface area contributed by atoms with Gasteiger partial charge in [-0.05, 0) is 44.8 Å². The molecule has 0 spiro atoms. The van der Waals surface area contributed by atoms with Gasteiger partial charge in [0.05, 0.1) is 0 Å². The highest BCUT2D eigenvalue weighted by molar-refractivity contribution is 6.30. The van der Waals surface area contributed by atoms with Crippen LogP contribution in [0.15, 0.2) is 24.3 Å². The van der Waals surface area contributed by atoms with E-state index >= 15 is 0 Å². The summed E-state index contributed by atoms with van der Waals surface area (Å²) in [6.45, 7) is 3.80. The van der Waals surface area contributed by atoms with Crippen LogP contribution in [-0.2, 0) is 6.54 Å². The number of hydrogen-bond acceptors (Lipinski definition) is 3. The zero-order valence-electron chi connectivity index (χ0n) is 11.2. The van der Waals surface area contributed by atoms with E-state index in [1.807, 2.05) is 12.1 Å². The average molecular weight is 268 g/mol. The molecular formula is C14H22ClN3. The van der Waals surface area contributed by atoms with Gasteiger partial charge >= 0.3 is 0 Å². The average Bonchev–Trinajstić information content (AvgIpc) is 2.75. The fourth-order valence-corrected chi connectivity index (χ4v) is 2.85. The lowest BCUT2D eigenvalue weighted by molar-refractivity contribution is 0.126. The van der Waals surface area contributed by atoms with Crippen molar-refractivity contribution in [2.75, 3.05) is 33.7 Å². The van der Waals surface area contributed by atoms with E-state index in [1.165, 1.54) is 5.56 Å². The first-order chi connectivity index (χ1) is 8.55. The van der Waals surface area contributed by atoms with Crippen molar-refractivity contribution in [2.45, 2.75) is 18.5 Å². The number of hydrogen-bond donors (Lipinski definition) is 1. The third-order valence-electron chi connectivity index (χ3n) is 4.05. The Labute approximate surface area is 115 Å². The molecule has 0 aromatic heterocycles. The molecule has 100 valence electrons. The topological polar surface area (TPSA) is 32.5 Å². The highest BCUT2D eigenvalue weighted by atomic mass is 35.5. The summed E-state index contributed by atoms with van der Waals surface area (Å²) in [6.07, 6.45) is 1.14. The molecule has 0 radical (unpaired) electrons. The van der Waals surface area contributed by atoms with Gasteiger partial charge in [0.25, 0.3) is 0 Å². The zero-order chi connectivity index (χ0) is 13.2. The van der Waals surface area contributed by atoms with Crippen LogP contribution < -0.4 is 5.73 Å². The maximum Gasteiger partial charge on any atom is 0.0470 e. The molecule has 1 saturated heterocycles. The monoisotopic (exact) mass is 267 g/mol. The van der Waals surface area contributed by atoms with E-state index in [0.29, 0.717) is 6.54 Å². The molecule has 2 rings (SSSR count). The lowest BCUT2D eigenvalue weighted by Gasteiger charge is -2.38. The normalized spacial score (nSPS) is 24.9. The van der Waals surface area contributed by atoms with Crippen molar-refractivity contribution >= 4 is 11.6 Å². The molecule has 1 atom stereocenters. The highest BCUT2D eigenvalue weighted by Gasteiger charge is 2.38. The number of likely N-dealkylation sites (tertiary alicyclic amines) is 1. The Bertz CT molecular complexity index is 393. The SMILES string of the molecule is CN1CCC(CN)(N(C)Cc2ccc(Cl)cc2)C1. The largest absolute Gasteiger partial charge is 0.329 e. The minimum absolute atomic E-state index is 0.119. The summed E-state index contributed by atoms with van der Waals surface area (Å²) < 4.78 is 0. The van der Waals surface area contributed by atoms with Crippen LogP contribution in [0.3, 0.4) is 0 Å². The van der Waals surface area contributed by atoms with Gasteiger partial charge in [0, 0.05) is 30.2 Å². The fraction of sp³-hybridized carbons (Fsp3) is 0.571. The third kappa shape index (κ3) is 2.86. The predicted octanol–water partition coefficient (Wildman–Crippen LogP) is 1.80. The molecule has 0 saturated carbocycles. The zero-order valence-corrected chi connectivity index (χ0v) is 12.0. The third-order valence-corrected chi connectivity index (χ3v) is 4.30. The Morgan fingerprint density at radius 1 is 1.39 bits per heavy atom. The van der Waals surface area contributed by atoms with Crippen molar-refractivity contribution < 1.29 is 0 Å². The Morgan fingerprint density at radius 3 is 2.56 bits per heavy atom. The van der Waals surface area contributed by atoms with E-state index < -0.39 is 0 Å². The van der Waals surface area contributed by atoms with Crippen LogP contribution in [-0.4, -0.2) is 49.1 Å². The van der Waals surface area contributed by atoms with E-state index in [2.05, 4.69) is 36.0 Å². The first kappa shape index (κ1) is 13.8. The van der Waals surface area contributed by atoms with Crippen molar-refractivity contribution in [1.82, 2.24) is 9.80 Å². The molecular weight excluding hydrogens is 246 g/mol. The van der Waals surface area contributed by atoms with E-state index in [9.17, 15) is 0 Å². The fourth-order valence-electron chi connectivity index (χ4n) is 2.72. The summed E-state index contributed by atoms with van der Waals surface area (Å²) in [7, 11) is 4.33. The second-order valence-electron chi connectivity index (χ2n) is 5.40. The summed E-state index contributed by atoms with van der Waals surface area (Å²) >= 11 is 5.91. The van der Waals surface area contributed by atoms with Gasteiger partial charge in [0.1, 0.15) is 0 Å². The summed E-state index contributed by atoms with van der Waals surface area (Å²) in [5.41, 5.74) is 7.42. The van der Waals surface area contributed by atoms with E-state index in [4.69, 9.17) is 17.3 Å². The lowest BCUT2D eigenvalue weighted by atomic mass is 9.96. The number of rotatable bonds is 4. The molecule has 1 aromatic carbocycles. The van der Waals surface area contributed by atoms with Gasteiger partial charge in [-0.3, -0.25) is 4.90 Å². The Balaban J connectivity index is 2.06. The number of halogens is 1. The van der Waals surface area contributed by atoms with Gasteiger partial charge in [0.15, 0.2) is 0 Å². The molecule has 0 aliphatic carbocycles. The minimum atomic E-state index is 0.119. The summed E-state index contributed by atoms with van der Waals surface area (Å²) in [6, 6.07) is 8.06. The van der Waals surface area contributed by atoms with E-state index in [-0.39, 0.29) is 5.54 Å². The smallest absolute Gasteiger partial charge is 0.0470 e. The number of nitrogens with two attached hydrogens (primary N) is 1. The molecule has 3 nitrogen and oxygen atoms in total. The van der Waals surface area contributed by atoms with Crippen molar-refractivity contribution in [1.29, 1.82) is 0 Å². The van der Waals surface area contributed by atoms with Gasteiger partial charge in [0.2, 0.25) is 0 Å². The molecule has 2 N–H and O–H groups in total. The Kier molecular flexibility index (Phi) is 4.28. The maximum absolute atomic E-state index is 6.02. The molecule has 1 unspecified atom stereocenters. The Morgan fingerprint density at radius 2 is 2.06 bits per heavy atom. The first-order valence-electron chi connectivity index (χ1n) is 6.40.